The molecule has 0 amide bonds. The van der Waals surface area contributed by atoms with Crippen molar-refractivity contribution >= 4 is 29.7 Å². The van der Waals surface area contributed by atoms with Crippen LogP contribution in [0.4, 0.5) is 0 Å². The maximum absolute atomic E-state index is 5.80. The molecule has 2 rings (SSSR count). The van der Waals surface area contributed by atoms with Gasteiger partial charge in [-0.25, -0.2) is 9.41 Å². The minimum atomic E-state index is 0.562. The number of nitrogens with one attached hydrogen (secondary N) is 1. The first-order chi connectivity index (χ1) is 5.77. The van der Waals surface area contributed by atoms with Crippen LogP contribution in [0.2, 0.25) is 0 Å². The predicted molar refractivity (Wildman–Crippen MR) is 49.4 cm³/mol. The maximum Gasteiger partial charge on any atom is 0.110 e. The third-order valence-corrected chi connectivity index (χ3v) is 2.02. The number of nitrogens with zero attached hydrogens (tertiary/aromatic N) is 2. The smallest absolute Gasteiger partial charge is 0.110 e. The largest absolute Gasteiger partial charge is 0.350 e. The first kappa shape index (κ1) is 7.71. The Balaban J connectivity index is 2.40. The van der Waals surface area contributed by atoms with E-state index in [-0.39, 0.29) is 0 Å². The van der Waals surface area contributed by atoms with Crippen molar-refractivity contribution in [2.45, 2.75) is 0 Å². The first-order valence-electron chi connectivity index (χ1n) is 3.30. The summed E-state index contributed by atoms with van der Waals surface area (Å²) in [5, 5.41) is 3.41. The van der Waals surface area contributed by atoms with Gasteiger partial charge in [-0.05, 0) is 6.08 Å². The molecule has 1 N–H and O–H groups in total. The Hall–Kier alpha value is -0.930. The Labute approximate surface area is 79.8 Å². The number of rotatable bonds is 0. The summed E-state index contributed by atoms with van der Waals surface area (Å²) < 4.78 is 1.40. The molecule has 0 saturated carbocycles. The molecule has 5 heteroatoms. The number of allylic oxidation sites excluding steroid dienone is 1. The monoisotopic (exact) mass is 201 g/mol. The van der Waals surface area contributed by atoms with Crippen LogP contribution in [0.25, 0.3) is 0 Å². The predicted octanol–water partition coefficient (Wildman–Crippen LogP) is 1.89. The highest BCUT2D eigenvalue weighted by Gasteiger charge is 2.16. The number of hydrogen-bond acceptors (Lipinski definition) is 3. The number of fused-ring (bicyclic) bond motifs is 1. The normalized spacial score (nSPS) is 20.5. The van der Waals surface area contributed by atoms with Gasteiger partial charge >= 0.3 is 0 Å². The molecule has 0 saturated heterocycles. The molecule has 0 aromatic heterocycles. The number of halogens is 2. The van der Waals surface area contributed by atoms with Crippen LogP contribution in [0.15, 0.2) is 39.9 Å². The fraction of sp³-hybridized carbons (Fsp3) is 0. The zero-order chi connectivity index (χ0) is 8.55. The van der Waals surface area contributed by atoms with Crippen LogP contribution >= 0.6 is 23.4 Å². The highest BCUT2D eigenvalue weighted by molar-refractivity contribution is 6.29. The molecule has 62 valence electrons. The second kappa shape index (κ2) is 2.84. The average molecular weight is 202 g/mol. The third kappa shape index (κ3) is 1.21. The second-order valence-corrected chi connectivity index (χ2v) is 3.10. The molecule has 0 fully saturated rings. The summed E-state index contributed by atoms with van der Waals surface area (Å²) in [5.74, 6) is 0. The van der Waals surface area contributed by atoms with E-state index in [9.17, 15) is 0 Å². The molecule has 0 aromatic rings. The SMILES string of the molecule is ClC1=CC2=CN=CN(Cl)C2=CN1. The van der Waals surface area contributed by atoms with Crippen LogP contribution in [-0.2, 0) is 0 Å². The van der Waals surface area contributed by atoms with Gasteiger partial charge < -0.3 is 5.32 Å². The van der Waals surface area contributed by atoms with Crippen LogP contribution in [-0.4, -0.2) is 10.8 Å². The lowest BCUT2D eigenvalue weighted by Gasteiger charge is -2.21. The molecular weight excluding hydrogens is 197 g/mol. The average Bonchev–Trinajstić information content (AvgIpc) is 2.04. The van der Waals surface area contributed by atoms with E-state index in [0.29, 0.717) is 5.16 Å². The van der Waals surface area contributed by atoms with Gasteiger partial charge in [-0.15, -0.1) is 0 Å². The molecule has 2 heterocycles. The highest BCUT2D eigenvalue weighted by Crippen LogP contribution is 2.24. The number of aliphatic imine (C=N–C) groups is 1. The van der Waals surface area contributed by atoms with Gasteiger partial charge in [0.05, 0.1) is 5.70 Å². The van der Waals surface area contributed by atoms with Crippen LogP contribution < -0.4 is 5.32 Å². The van der Waals surface area contributed by atoms with E-state index in [2.05, 4.69) is 10.3 Å². The third-order valence-electron chi connectivity index (χ3n) is 1.54. The van der Waals surface area contributed by atoms with Gasteiger partial charge in [0.1, 0.15) is 11.5 Å². The van der Waals surface area contributed by atoms with E-state index in [4.69, 9.17) is 23.4 Å². The summed E-state index contributed by atoms with van der Waals surface area (Å²) in [7, 11) is 0. The topological polar surface area (TPSA) is 27.6 Å². The van der Waals surface area contributed by atoms with Gasteiger partial charge in [0.25, 0.3) is 0 Å². The Morgan fingerprint density at radius 3 is 3.17 bits per heavy atom. The Kier molecular flexibility index (Phi) is 1.83. The van der Waals surface area contributed by atoms with E-state index >= 15 is 0 Å². The lowest BCUT2D eigenvalue weighted by atomic mass is 10.1. The fourth-order valence-electron chi connectivity index (χ4n) is 0.996. The Morgan fingerprint density at radius 2 is 2.33 bits per heavy atom. The summed E-state index contributed by atoms with van der Waals surface area (Å²) in [4.78, 5) is 3.91. The molecule has 0 spiro atoms. The standard InChI is InChI=1S/C7H5Cl2N3/c8-7-1-5-2-10-4-12(9)6(5)3-11-7/h1-4,11H. The number of dihydropyridines is 1. The van der Waals surface area contributed by atoms with Gasteiger partial charge in [-0.3, -0.25) is 0 Å². The van der Waals surface area contributed by atoms with Crippen molar-refractivity contribution in [1.29, 1.82) is 0 Å². The van der Waals surface area contributed by atoms with E-state index in [1.165, 1.54) is 10.8 Å². The van der Waals surface area contributed by atoms with Gasteiger partial charge in [0, 0.05) is 29.7 Å². The quantitative estimate of drug-likeness (QED) is 0.479. The molecule has 2 aliphatic heterocycles. The van der Waals surface area contributed by atoms with Crippen molar-refractivity contribution < 1.29 is 0 Å². The van der Waals surface area contributed by atoms with Crippen molar-refractivity contribution in [3.63, 3.8) is 0 Å². The van der Waals surface area contributed by atoms with Crippen molar-refractivity contribution in [1.82, 2.24) is 9.74 Å². The summed E-state index contributed by atoms with van der Waals surface area (Å²) >= 11 is 11.5. The summed E-state index contributed by atoms with van der Waals surface area (Å²) in [6, 6.07) is 0. The van der Waals surface area contributed by atoms with Crippen LogP contribution in [0, 0.1) is 0 Å². The molecule has 0 aliphatic carbocycles. The van der Waals surface area contributed by atoms with Gasteiger partial charge in [-0.1, -0.05) is 11.6 Å². The molecular formula is C7H5Cl2N3. The molecule has 0 aromatic carbocycles. The first-order valence-corrected chi connectivity index (χ1v) is 4.02. The highest BCUT2D eigenvalue weighted by atomic mass is 35.5. The molecule has 0 atom stereocenters. The number of hydrogen-bond donors (Lipinski definition) is 1. The van der Waals surface area contributed by atoms with Crippen LogP contribution in [0.1, 0.15) is 0 Å². The van der Waals surface area contributed by atoms with Gasteiger partial charge in [0.15, 0.2) is 0 Å². The van der Waals surface area contributed by atoms with Crippen LogP contribution in [0.3, 0.4) is 0 Å². The van der Waals surface area contributed by atoms with Crippen molar-refractivity contribution in [2.24, 2.45) is 4.99 Å². The molecule has 0 unspecified atom stereocenters. The van der Waals surface area contributed by atoms with Crippen molar-refractivity contribution in [2.75, 3.05) is 0 Å². The van der Waals surface area contributed by atoms with Gasteiger partial charge in [0.2, 0.25) is 0 Å². The zero-order valence-electron chi connectivity index (χ0n) is 5.96. The summed E-state index contributed by atoms with van der Waals surface area (Å²) in [6.45, 7) is 0. The fourth-order valence-corrected chi connectivity index (χ4v) is 1.36. The van der Waals surface area contributed by atoms with Crippen molar-refractivity contribution in [3.05, 3.63) is 34.9 Å². The molecule has 2 aliphatic rings. The molecule has 0 bridgehead atoms. The lowest BCUT2D eigenvalue weighted by Crippen LogP contribution is -2.20. The Bertz CT molecular complexity index is 328. The minimum absolute atomic E-state index is 0.562. The van der Waals surface area contributed by atoms with E-state index in [0.717, 1.165) is 11.3 Å². The summed E-state index contributed by atoms with van der Waals surface area (Å²) in [6.07, 6.45) is 6.72. The molecule has 3 nitrogen and oxygen atoms in total. The second-order valence-electron chi connectivity index (χ2n) is 2.33. The minimum Gasteiger partial charge on any atom is -0.350 e. The van der Waals surface area contributed by atoms with Gasteiger partial charge in [-0.2, -0.15) is 0 Å². The lowest BCUT2D eigenvalue weighted by molar-refractivity contribution is 0.813. The molecule has 0 radical (unpaired) electrons. The molecule has 12 heavy (non-hydrogen) atoms. The summed E-state index contributed by atoms with van der Waals surface area (Å²) in [5.41, 5.74) is 1.74. The van der Waals surface area contributed by atoms with E-state index in [1.54, 1.807) is 18.5 Å². The van der Waals surface area contributed by atoms with Crippen LogP contribution in [0.5, 0.6) is 0 Å². The zero-order valence-corrected chi connectivity index (χ0v) is 7.47. The Morgan fingerprint density at radius 1 is 1.50 bits per heavy atom. The maximum atomic E-state index is 5.80. The van der Waals surface area contributed by atoms with Crippen molar-refractivity contribution in [3.8, 4) is 0 Å². The van der Waals surface area contributed by atoms with E-state index in [1.807, 2.05) is 0 Å². The van der Waals surface area contributed by atoms with E-state index < -0.39 is 0 Å².